The highest BCUT2D eigenvalue weighted by atomic mass is 16.3. The van der Waals surface area contributed by atoms with Crippen molar-refractivity contribution in [3.05, 3.63) is 82.7 Å². The minimum atomic E-state index is -3.70. The molecule has 0 aliphatic heterocycles. The van der Waals surface area contributed by atoms with Crippen LogP contribution in [-0.2, 0) is 12.5 Å². The predicted octanol–water partition coefficient (Wildman–Crippen LogP) is 8.79. The first-order chi connectivity index (χ1) is 25.2. The molecule has 0 N–H and O–H groups in total. The van der Waals surface area contributed by atoms with E-state index in [0.29, 0.717) is 21.9 Å². The average Bonchev–Trinajstić information content (AvgIpc) is 3.54. The maximum atomic E-state index is 9.59. The highest BCUT2D eigenvalue weighted by Gasteiger charge is 2.49. The van der Waals surface area contributed by atoms with E-state index in [1.807, 2.05) is 0 Å². The summed E-state index contributed by atoms with van der Waals surface area (Å²) in [6.07, 6.45) is 1.29. The van der Waals surface area contributed by atoms with Crippen LogP contribution in [0, 0.1) is 25.6 Å². The second kappa shape index (κ2) is 8.53. The van der Waals surface area contributed by atoms with Gasteiger partial charge in [0.1, 0.15) is 7.05 Å². The van der Waals surface area contributed by atoms with Crippen molar-refractivity contribution in [1.82, 2.24) is 4.98 Å². The van der Waals surface area contributed by atoms with E-state index < -0.39 is 63.1 Å². The summed E-state index contributed by atoms with van der Waals surface area (Å²) in [7, 11) is 1.55. The summed E-state index contributed by atoms with van der Waals surface area (Å²) in [5.41, 5.74) is -2.77. The fourth-order valence-electron chi connectivity index (χ4n) is 5.86. The van der Waals surface area contributed by atoms with E-state index in [0.717, 1.165) is 13.8 Å². The zero-order valence-electron chi connectivity index (χ0n) is 39.5. The minimum absolute atomic E-state index is 0.102. The third-order valence-electron chi connectivity index (χ3n) is 7.69. The molecule has 0 amide bonds. The van der Waals surface area contributed by atoms with E-state index in [2.05, 4.69) is 0 Å². The molecule has 3 heterocycles. The molecule has 0 spiro atoms. The Morgan fingerprint density at radius 2 is 1.76 bits per heavy atom. The Kier molecular flexibility index (Phi) is 2.63. The standard InChI is InChI=1S/C35H39N2O/c1-19(2)28-18-37(9)30(16-23(28)8)31-22(7)14-15-25-27-17-26-24-12-10-11-13-29(24)35(20(3)4,21(5)6)33(26)36-34(27)38-32(25)31/h10-21H,1-9H3/q+1/i1D3,3D3,4D3,5D3,8D3,19D,20D,21D. The molecule has 0 saturated carbocycles. The van der Waals surface area contributed by atoms with Crippen molar-refractivity contribution >= 4 is 22.1 Å². The van der Waals surface area contributed by atoms with Crippen LogP contribution >= 0.6 is 0 Å². The van der Waals surface area contributed by atoms with Gasteiger partial charge in [0, 0.05) is 58.1 Å². The maximum absolute atomic E-state index is 9.59. The molecule has 3 unspecified atom stereocenters. The predicted molar refractivity (Wildman–Crippen MR) is 158 cm³/mol. The molecule has 0 fully saturated rings. The maximum Gasteiger partial charge on any atom is 0.227 e. The molecule has 2 aromatic carbocycles. The molecule has 3 aromatic heterocycles. The SMILES string of the molecule is [2H]C([2H])([2H])c1cc(-c2c(C)ccc3c2oc2nc4c(cc23)-c2ccccc2C4(C([2H])(C)C([2H])([2H])[2H])C([2H])(C([2H])([2H])[2H])C([2H])([2H])[2H])[n+](C)cc1C([2H])(C)C([2H])([2H])[2H]. The summed E-state index contributed by atoms with van der Waals surface area (Å²) in [5.74, 6) is -8.96. The van der Waals surface area contributed by atoms with Crippen LogP contribution in [0.15, 0.2) is 59.1 Å². The highest BCUT2D eigenvalue weighted by molar-refractivity contribution is 6.10. The Labute approximate surface area is 251 Å². The molecular weight excluding hydrogens is 464 g/mol. The average molecular weight is 522 g/mol. The first-order valence-corrected chi connectivity index (χ1v) is 12.2. The first-order valence-electron chi connectivity index (χ1n) is 21.2. The van der Waals surface area contributed by atoms with Crippen molar-refractivity contribution in [3.8, 4) is 22.4 Å². The molecule has 0 saturated heterocycles. The lowest BCUT2D eigenvalue weighted by molar-refractivity contribution is -0.660. The zero-order valence-corrected chi connectivity index (χ0v) is 21.5. The Morgan fingerprint density at radius 3 is 2.53 bits per heavy atom. The van der Waals surface area contributed by atoms with Gasteiger partial charge in [0.2, 0.25) is 11.4 Å². The van der Waals surface area contributed by atoms with Gasteiger partial charge in [0.15, 0.2) is 11.8 Å². The zero-order chi connectivity index (χ0) is 42.4. The van der Waals surface area contributed by atoms with Crippen molar-refractivity contribution in [3.63, 3.8) is 0 Å². The number of aryl methyl sites for hydroxylation is 3. The van der Waals surface area contributed by atoms with Crippen molar-refractivity contribution in [2.75, 3.05) is 0 Å². The van der Waals surface area contributed by atoms with E-state index in [-0.39, 0.29) is 44.8 Å². The number of rotatable bonds is 4. The van der Waals surface area contributed by atoms with Gasteiger partial charge in [-0.1, -0.05) is 77.7 Å². The summed E-state index contributed by atoms with van der Waals surface area (Å²) in [6.45, 7) is -12.8. The first kappa shape index (κ1) is 11.7. The lowest BCUT2D eigenvalue weighted by Crippen LogP contribution is -2.38. The molecule has 3 heteroatoms. The van der Waals surface area contributed by atoms with Gasteiger partial charge < -0.3 is 4.42 Å². The van der Waals surface area contributed by atoms with Crippen molar-refractivity contribution < 1.29 is 33.7 Å². The Balaban J connectivity index is 1.78. The third-order valence-corrected chi connectivity index (χ3v) is 7.69. The van der Waals surface area contributed by atoms with E-state index in [1.54, 1.807) is 32.2 Å². The number of pyridine rings is 2. The molecule has 6 rings (SSSR count). The number of hydrogen-bond donors (Lipinski definition) is 0. The minimum Gasteiger partial charge on any atom is -0.437 e. The summed E-state index contributed by atoms with van der Waals surface area (Å²) < 4.78 is 161. The molecular formula is C35H39N2O+. The number of furan rings is 1. The van der Waals surface area contributed by atoms with Gasteiger partial charge in [0.25, 0.3) is 0 Å². The quantitative estimate of drug-likeness (QED) is 0.221. The molecule has 5 aromatic rings. The lowest BCUT2D eigenvalue weighted by Gasteiger charge is -2.39. The number of benzene rings is 2. The second-order valence-corrected chi connectivity index (χ2v) is 9.99. The van der Waals surface area contributed by atoms with E-state index in [4.69, 9.17) is 31.3 Å². The highest BCUT2D eigenvalue weighted by Crippen LogP contribution is 2.56. The molecule has 3 nitrogen and oxygen atoms in total. The Bertz CT molecular complexity index is 2400. The number of aromatic nitrogens is 2. The summed E-state index contributed by atoms with van der Waals surface area (Å²) in [4.78, 5) is 4.71. The van der Waals surface area contributed by atoms with Gasteiger partial charge in [-0.3, -0.25) is 0 Å². The summed E-state index contributed by atoms with van der Waals surface area (Å²) >= 11 is 0. The van der Waals surface area contributed by atoms with Crippen LogP contribution in [0.5, 0.6) is 0 Å². The van der Waals surface area contributed by atoms with Crippen LogP contribution in [-0.4, -0.2) is 4.98 Å². The molecule has 3 atom stereocenters. The van der Waals surface area contributed by atoms with Crippen molar-refractivity contribution in [1.29, 1.82) is 0 Å². The van der Waals surface area contributed by atoms with E-state index >= 15 is 0 Å². The molecule has 1 aliphatic carbocycles. The van der Waals surface area contributed by atoms with Gasteiger partial charge in [-0.15, -0.1) is 0 Å². The van der Waals surface area contributed by atoms with Crippen molar-refractivity contribution in [2.24, 2.45) is 18.8 Å². The molecule has 0 bridgehead atoms. The second-order valence-electron chi connectivity index (χ2n) is 9.99. The molecule has 38 heavy (non-hydrogen) atoms. The van der Waals surface area contributed by atoms with Crippen molar-refractivity contribution in [2.45, 2.75) is 66.3 Å². The van der Waals surface area contributed by atoms with Crippen LogP contribution in [0.3, 0.4) is 0 Å². The Morgan fingerprint density at radius 1 is 0.947 bits per heavy atom. The number of nitrogens with zero attached hydrogens (tertiary/aromatic N) is 2. The molecule has 1 aliphatic rings. The van der Waals surface area contributed by atoms with Crippen LogP contribution in [0.25, 0.3) is 44.5 Å². The smallest absolute Gasteiger partial charge is 0.227 e. The van der Waals surface area contributed by atoms with Crippen LogP contribution in [0.1, 0.15) is 99.8 Å². The van der Waals surface area contributed by atoms with Gasteiger partial charge >= 0.3 is 0 Å². The third kappa shape index (κ3) is 3.20. The van der Waals surface area contributed by atoms with Gasteiger partial charge in [-0.2, -0.15) is 0 Å². The fourth-order valence-corrected chi connectivity index (χ4v) is 5.86. The van der Waals surface area contributed by atoms with Crippen LogP contribution in [0.4, 0.5) is 0 Å². The van der Waals surface area contributed by atoms with Gasteiger partial charge in [-0.05, 0) is 59.8 Å². The van der Waals surface area contributed by atoms with Crippen LogP contribution < -0.4 is 4.57 Å². The number of fused-ring (bicyclic) bond motifs is 6. The molecule has 194 valence electrons. The molecule has 0 radical (unpaired) electrons. The van der Waals surface area contributed by atoms with Gasteiger partial charge in [0.05, 0.1) is 11.3 Å². The summed E-state index contributed by atoms with van der Waals surface area (Å²) in [5, 5.41) is 0.743. The van der Waals surface area contributed by atoms with E-state index in [1.165, 1.54) is 41.1 Å². The fraction of sp³-hybridized carbons (Fsp3) is 0.371. The van der Waals surface area contributed by atoms with Gasteiger partial charge in [-0.25, -0.2) is 9.55 Å². The lowest BCUT2D eigenvalue weighted by atomic mass is 9.64. The normalized spacial score (nSPS) is 28.8. The topological polar surface area (TPSA) is 29.9 Å². The largest absolute Gasteiger partial charge is 0.437 e. The summed E-state index contributed by atoms with van der Waals surface area (Å²) in [6, 6.07) is 12.1. The van der Waals surface area contributed by atoms with Crippen LogP contribution in [0.2, 0.25) is 0 Å². The Hall–Kier alpha value is -3.46. The monoisotopic (exact) mass is 521 g/mol. The number of hydrogen-bond acceptors (Lipinski definition) is 2. The van der Waals surface area contributed by atoms with E-state index in [9.17, 15) is 2.74 Å².